The van der Waals surface area contributed by atoms with Crippen LogP contribution in [0.3, 0.4) is 0 Å². The number of carbonyl (C=O) groups is 2. The van der Waals surface area contributed by atoms with E-state index in [0.717, 1.165) is 12.8 Å². The number of fused-ring (bicyclic) bond motifs is 2. The number of rotatable bonds is 2. The summed E-state index contributed by atoms with van der Waals surface area (Å²) >= 11 is 0. The standard InChI is InChI=1S/C11H16O3/c1-10(2)7-3-4-11(10,5-6-12)9(14)8(7)13/h7,12H,3-6H2,1-2H3/t7-,11-/m1/s1. The van der Waals surface area contributed by atoms with Crippen molar-refractivity contribution in [2.24, 2.45) is 16.7 Å². The zero-order valence-corrected chi connectivity index (χ0v) is 8.67. The Kier molecular flexibility index (Phi) is 1.87. The van der Waals surface area contributed by atoms with Crippen LogP contribution in [0.2, 0.25) is 0 Å². The van der Waals surface area contributed by atoms with E-state index in [9.17, 15) is 9.59 Å². The molecule has 2 aliphatic carbocycles. The number of aliphatic hydroxyl groups is 1. The maximum Gasteiger partial charge on any atom is 0.205 e. The fraction of sp³-hybridized carbons (Fsp3) is 0.818. The second-order valence-corrected chi connectivity index (χ2v) is 5.06. The van der Waals surface area contributed by atoms with Crippen molar-refractivity contribution >= 4 is 11.6 Å². The Morgan fingerprint density at radius 2 is 2.07 bits per heavy atom. The van der Waals surface area contributed by atoms with Crippen LogP contribution < -0.4 is 0 Å². The van der Waals surface area contributed by atoms with Crippen LogP contribution in [0, 0.1) is 16.7 Å². The summed E-state index contributed by atoms with van der Waals surface area (Å²) < 4.78 is 0. The smallest absolute Gasteiger partial charge is 0.205 e. The number of ketones is 2. The first-order valence-corrected chi connectivity index (χ1v) is 5.17. The zero-order chi connectivity index (χ0) is 10.6. The van der Waals surface area contributed by atoms with E-state index in [4.69, 9.17) is 5.11 Å². The van der Waals surface area contributed by atoms with Gasteiger partial charge in [0, 0.05) is 17.9 Å². The predicted molar refractivity (Wildman–Crippen MR) is 50.7 cm³/mol. The normalized spacial score (nSPS) is 39.5. The summed E-state index contributed by atoms with van der Waals surface area (Å²) in [4.78, 5) is 23.5. The summed E-state index contributed by atoms with van der Waals surface area (Å²) in [5.41, 5.74) is -0.798. The molecule has 1 N–H and O–H groups in total. The van der Waals surface area contributed by atoms with Gasteiger partial charge in [-0.2, -0.15) is 0 Å². The third kappa shape index (κ3) is 0.817. The van der Waals surface area contributed by atoms with Gasteiger partial charge in [-0.1, -0.05) is 13.8 Å². The average molecular weight is 196 g/mol. The molecule has 3 nitrogen and oxygen atoms in total. The van der Waals surface area contributed by atoms with E-state index >= 15 is 0 Å². The average Bonchev–Trinajstić information content (AvgIpc) is 2.43. The molecule has 2 saturated carbocycles. The van der Waals surface area contributed by atoms with Gasteiger partial charge in [-0.15, -0.1) is 0 Å². The minimum absolute atomic E-state index is 0.00479. The zero-order valence-electron chi connectivity index (χ0n) is 8.67. The molecular formula is C11H16O3. The van der Waals surface area contributed by atoms with Crippen molar-refractivity contribution in [3.05, 3.63) is 0 Å². The molecule has 0 radical (unpaired) electrons. The van der Waals surface area contributed by atoms with Gasteiger partial charge in [0.1, 0.15) is 0 Å². The number of Topliss-reactive ketones (excluding diaryl/α,β-unsaturated/α-hetero) is 2. The van der Waals surface area contributed by atoms with Crippen LogP contribution in [-0.4, -0.2) is 23.3 Å². The predicted octanol–water partition coefficient (Wildman–Crippen LogP) is 0.943. The molecule has 0 saturated heterocycles. The summed E-state index contributed by atoms with van der Waals surface area (Å²) in [7, 11) is 0. The molecule has 14 heavy (non-hydrogen) atoms. The van der Waals surface area contributed by atoms with E-state index in [-0.39, 0.29) is 29.5 Å². The van der Waals surface area contributed by atoms with Crippen LogP contribution >= 0.6 is 0 Å². The molecule has 2 bridgehead atoms. The van der Waals surface area contributed by atoms with Crippen LogP contribution in [0.15, 0.2) is 0 Å². The first kappa shape index (κ1) is 9.84. The molecule has 0 spiro atoms. The van der Waals surface area contributed by atoms with Crippen molar-refractivity contribution < 1.29 is 14.7 Å². The number of aliphatic hydroxyl groups excluding tert-OH is 1. The molecule has 0 amide bonds. The van der Waals surface area contributed by atoms with Gasteiger partial charge < -0.3 is 5.11 Å². The van der Waals surface area contributed by atoms with E-state index in [1.54, 1.807) is 0 Å². The second kappa shape index (κ2) is 2.66. The summed E-state index contributed by atoms with van der Waals surface area (Å²) in [5.74, 6) is -0.524. The van der Waals surface area contributed by atoms with Crippen LogP contribution in [-0.2, 0) is 9.59 Å². The first-order valence-electron chi connectivity index (χ1n) is 5.17. The highest BCUT2D eigenvalue weighted by molar-refractivity contribution is 6.43. The van der Waals surface area contributed by atoms with Crippen molar-refractivity contribution in [1.82, 2.24) is 0 Å². The van der Waals surface area contributed by atoms with Crippen molar-refractivity contribution in [3.63, 3.8) is 0 Å². The Morgan fingerprint density at radius 1 is 1.43 bits per heavy atom. The van der Waals surface area contributed by atoms with Crippen molar-refractivity contribution in [2.45, 2.75) is 33.1 Å². The summed E-state index contributed by atoms with van der Waals surface area (Å²) in [5, 5.41) is 9.01. The van der Waals surface area contributed by atoms with Gasteiger partial charge in [0.05, 0.1) is 0 Å². The largest absolute Gasteiger partial charge is 0.396 e. The van der Waals surface area contributed by atoms with E-state index in [0.29, 0.717) is 6.42 Å². The molecular weight excluding hydrogens is 180 g/mol. The van der Waals surface area contributed by atoms with Gasteiger partial charge in [0.15, 0.2) is 0 Å². The SMILES string of the molecule is CC1(C)[C@@H]2CC[C@@]1(CCO)C(=O)C2=O. The lowest BCUT2D eigenvalue weighted by atomic mass is 9.67. The minimum atomic E-state index is -0.552. The van der Waals surface area contributed by atoms with Gasteiger partial charge >= 0.3 is 0 Å². The van der Waals surface area contributed by atoms with Crippen molar-refractivity contribution in [2.75, 3.05) is 6.61 Å². The Balaban J connectivity index is 2.47. The van der Waals surface area contributed by atoms with Crippen molar-refractivity contribution in [1.29, 1.82) is 0 Å². The Bertz CT molecular complexity index is 306. The highest BCUT2D eigenvalue weighted by Gasteiger charge is 2.68. The summed E-state index contributed by atoms with van der Waals surface area (Å²) in [6, 6.07) is 0. The molecule has 0 heterocycles. The van der Waals surface area contributed by atoms with E-state index < -0.39 is 5.41 Å². The molecule has 0 aromatic carbocycles. The summed E-state index contributed by atoms with van der Waals surface area (Å²) in [6.45, 7) is 3.97. The molecule has 0 unspecified atom stereocenters. The Morgan fingerprint density at radius 3 is 2.50 bits per heavy atom. The second-order valence-electron chi connectivity index (χ2n) is 5.06. The lowest BCUT2D eigenvalue weighted by Gasteiger charge is -2.34. The molecule has 0 aromatic rings. The first-order chi connectivity index (χ1) is 6.47. The number of hydrogen-bond donors (Lipinski definition) is 1. The highest BCUT2D eigenvalue weighted by Crippen LogP contribution is 2.63. The Hall–Kier alpha value is -0.700. The molecule has 0 aromatic heterocycles. The van der Waals surface area contributed by atoms with Crippen LogP contribution in [0.5, 0.6) is 0 Å². The molecule has 2 rings (SSSR count). The van der Waals surface area contributed by atoms with Gasteiger partial charge in [-0.25, -0.2) is 0 Å². The number of hydrogen-bond acceptors (Lipinski definition) is 3. The van der Waals surface area contributed by atoms with Crippen molar-refractivity contribution in [3.8, 4) is 0 Å². The molecule has 2 atom stereocenters. The number of carbonyl (C=O) groups excluding carboxylic acids is 2. The third-order valence-electron chi connectivity index (χ3n) is 4.48. The lowest BCUT2D eigenvalue weighted by Crippen LogP contribution is -2.37. The summed E-state index contributed by atoms with van der Waals surface area (Å²) in [6.07, 6.45) is 2.04. The van der Waals surface area contributed by atoms with E-state index in [2.05, 4.69) is 0 Å². The molecule has 78 valence electrons. The van der Waals surface area contributed by atoms with Crippen LogP contribution in [0.4, 0.5) is 0 Å². The van der Waals surface area contributed by atoms with Gasteiger partial charge in [0.2, 0.25) is 11.6 Å². The lowest BCUT2D eigenvalue weighted by molar-refractivity contribution is -0.142. The van der Waals surface area contributed by atoms with E-state index in [1.165, 1.54) is 0 Å². The van der Waals surface area contributed by atoms with Gasteiger partial charge in [-0.05, 0) is 24.7 Å². The molecule has 0 aliphatic heterocycles. The topological polar surface area (TPSA) is 54.4 Å². The fourth-order valence-corrected chi connectivity index (χ4v) is 3.42. The fourth-order valence-electron chi connectivity index (χ4n) is 3.42. The monoisotopic (exact) mass is 196 g/mol. The maximum absolute atomic E-state index is 11.8. The minimum Gasteiger partial charge on any atom is -0.396 e. The van der Waals surface area contributed by atoms with Crippen LogP contribution in [0.1, 0.15) is 33.1 Å². The quantitative estimate of drug-likeness (QED) is 0.669. The molecule has 3 heteroatoms. The third-order valence-corrected chi connectivity index (χ3v) is 4.48. The van der Waals surface area contributed by atoms with E-state index in [1.807, 2.05) is 13.8 Å². The molecule has 2 aliphatic rings. The maximum atomic E-state index is 11.8. The highest BCUT2D eigenvalue weighted by atomic mass is 16.3. The van der Waals surface area contributed by atoms with Gasteiger partial charge in [-0.3, -0.25) is 9.59 Å². The van der Waals surface area contributed by atoms with Gasteiger partial charge in [0.25, 0.3) is 0 Å². The Labute approximate surface area is 83.5 Å². The van der Waals surface area contributed by atoms with Crippen LogP contribution in [0.25, 0.3) is 0 Å². The molecule has 2 fully saturated rings.